The van der Waals surface area contributed by atoms with E-state index in [0.29, 0.717) is 5.56 Å². The number of hydrogen-bond acceptors (Lipinski definition) is 4. The Hall–Kier alpha value is -2.67. The highest BCUT2D eigenvalue weighted by molar-refractivity contribution is 7.10. The fraction of sp³-hybridized carbons (Fsp3) is 0.133. The third kappa shape index (κ3) is 2.99. The maximum atomic E-state index is 12.4. The number of fused-ring (bicyclic) bond motifs is 1. The van der Waals surface area contributed by atoms with Crippen molar-refractivity contribution < 1.29 is 14.7 Å². The van der Waals surface area contributed by atoms with Crippen molar-refractivity contribution >= 4 is 34.1 Å². The molecule has 1 atom stereocenters. The maximum Gasteiger partial charge on any atom is 0.305 e. The standard InChI is InChI=1S/C15H13N3O3S/c19-14(20)7-12(13-2-1-5-22-13)17-15(21)9-3-4-11-10(6-9)8-16-18-11/h1-6,8,12H,7H2,(H,16,18)(H,17,21)(H,19,20)/t12-/m0/s1. The largest absolute Gasteiger partial charge is 0.481 e. The number of amides is 1. The molecule has 0 bridgehead atoms. The summed E-state index contributed by atoms with van der Waals surface area (Å²) in [5.74, 6) is -1.26. The Bertz CT molecular complexity index is 810. The Balaban J connectivity index is 1.82. The molecule has 3 aromatic rings. The summed E-state index contributed by atoms with van der Waals surface area (Å²) < 4.78 is 0. The molecule has 0 saturated carbocycles. The van der Waals surface area contributed by atoms with Crippen LogP contribution >= 0.6 is 11.3 Å². The highest BCUT2D eigenvalue weighted by Crippen LogP contribution is 2.23. The van der Waals surface area contributed by atoms with E-state index in [2.05, 4.69) is 15.5 Å². The van der Waals surface area contributed by atoms with E-state index in [1.165, 1.54) is 11.3 Å². The van der Waals surface area contributed by atoms with Crippen LogP contribution in [-0.2, 0) is 4.79 Å². The maximum absolute atomic E-state index is 12.4. The first-order valence-corrected chi connectivity index (χ1v) is 7.50. The fourth-order valence-electron chi connectivity index (χ4n) is 2.21. The van der Waals surface area contributed by atoms with Gasteiger partial charge in [0, 0.05) is 15.8 Å². The number of nitrogens with one attached hydrogen (secondary N) is 2. The van der Waals surface area contributed by atoms with E-state index in [1.54, 1.807) is 24.4 Å². The van der Waals surface area contributed by atoms with Gasteiger partial charge in [-0.05, 0) is 29.6 Å². The van der Waals surface area contributed by atoms with Crippen LogP contribution in [0.5, 0.6) is 0 Å². The van der Waals surface area contributed by atoms with Crippen LogP contribution in [-0.4, -0.2) is 27.2 Å². The summed E-state index contributed by atoms with van der Waals surface area (Å²) in [4.78, 5) is 24.2. The molecule has 0 aliphatic heterocycles. The van der Waals surface area contributed by atoms with Crippen molar-refractivity contribution in [1.82, 2.24) is 15.5 Å². The zero-order valence-electron chi connectivity index (χ0n) is 11.4. The molecule has 0 unspecified atom stereocenters. The summed E-state index contributed by atoms with van der Waals surface area (Å²) in [6.07, 6.45) is 1.49. The predicted octanol–water partition coefficient (Wildman–Crippen LogP) is 2.57. The molecule has 2 heterocycles. The molecule has 22 heavy (non-hydrogen) atoms. The molecule has 0 radical (unpaired) electrons. The number of aromatic amines is 1. The average Bonchev–Trinajstić information content (AvgIpc) is 3.16. The molecule has 7 heteroatoms. The number of H-pyrrole nitrogens is 1. The molecular formula is C15H13N3O3S. The minimum absolute atomic E-state index is 0.153. The predicted molar refractivity (Wildman–Crippen MR) is 82.9 cm³/mol. The van der Waals surface area contributed by atoms with Crippen molar-refractivity contribution in [2.45, 2.75) is 12.5 Å². The topological polar surface area (TPSA) is 95.1 Å². The quantitative estimate of drug-likeness (QED) is 0.674. The lowest BCUT2D eigenvalue weighted by atomic mass is 10.1. The average molecular weight is 315 g/mol. The summed E-state index contributed by atoms with van der Waals surface area (Å²) in [6, 6.07) is 8.29. The van der Waals surface area contributed by atoms with Crippen LogP contribution in [0.2, 0.25) is 0 Å². The Morgan fingerprint density at radius 2 is 2.23 bits per heavy atom. The number of carbonyl (C=O) groups excluding carboxylic acids is 1. The van der Waals surface area contributed by atoms with Gasteiger partial charge in [-0.25, -0.2) is 0 Å². The summed E-state index contributed by atoms with van der Waals surface area (Å²) >= 11 is 1.42. The van der Waals surface area contributed by atoms with E-state index in [9.17, 15) is 9.59 Å². The number of thiophene rings is 1. The minimum atomic E-state index is -0.955. The SMILES string of the molecule is O=C(O)C[C@H](NC(=O)c1ccc2[nH]ncc2c1)c1cccs1. The third-order valence-corrected chi connectivity index (χ3v) is 4.26. The van der Waals surface area contributed by atoms with Gasteiger partial charge in [-0.2, -0.15) is 5.10 Å². The zero-order chi connectivity index (χ0) is 15.5. The number of carboxylic acid groups (broad SMARTS) is 1. The van der Waals surface area contributed by atoms with Gasteiger partial charge in [-0.3, -0.25) is 14.7 Å². The number of benzene rings is 1. The lowest BCUT2D eigenvalue weighted by molar-refractivity contribution is -0.137. The van der Waals surface area contributed by atoms with Crippen molar-refractivity contribution in [3.05, 3.63) is 52.3 Å². The van der Waals surface area contributed by atoms with Gasteiger partial charge in [0.2, 0.25) is 0 Å². The summed E-state index contributed by atoms with van der Waals surface area (Å²) in [7, 11) is 0. The molecular weight excluding hydrogens is 302 g/mol. The molecule has 6 nitrogen and oxygen atoms in total. The molecule has 1 amide bonds. The monoisotopic (exact) mass is 315 g/mol. The molecule has 3 rings (SSSR count). The van der Waals surface area contributed by atoms with Gasteiger partial charge < -0.3 is 10.4 Å². The Kier molecular flexibility index (Phi) is 3.88. The minimum Gasteiger partial charge on any atom is -0.481 e. The fourth-order valence-corrected chi connectivity index (χ4v) is 2.99. The molecule has 0 aliphatic rings. The van der Waals surface area contributed by atoms with Gasteiger partial charge in [0.25, 0.3) is 5.91 Å². The van der Waals surface area contributed by atoms with Crippen LogP contribution in [0, 0.1) is 0 Å². The molecule has 0 spiro atoms. The van der Waals surface area contributed by atoms with Gasteiger partial charge in [0.1, 0.15) is 0 Å². The summed E-state index contributed by atoms with van der Waals surface area (Å²) in [5, 5.41) is 21.2. The van der Waals surface area contributed by atoms with Crippen LogP contribution in [0.15, 0.2) is 41.9 Å². The summed E-state index contributed by atoms with van der Waals surface area (Å²) in [6.45, 7) is 0. The Labute approximate surface area is 129 Å². The molecule has 0 aliphatic carbocycles. The van der Waals surface area contributed by atoms with E-state index < -0.39 is 12.0 Å². The third-order valence-electron chi connectivity index (χ3n) is 3.27. The first-order valence-electron chi connectivity index (χ1n) is 6.62. The van der Waals surface area contributed by atoms with Crippen LogP contribution in [0.1, 0.15) is 27.7 Å². The first kappa shape index (κ1) is 14.3. The zero-order valence-corrected chi connectivity index (χ0v) is 12.3. The molecule has 1 aromatic carbocycles. The smallest absolute Gasteiger partial charge is 0.305 e. The van der Waals surface area contributed by atoms with Gasteiger partial charge in [0.15, 0.2) is 0 Å². The van der Waals surface area contributed by atoms with Crippen molar-refractivity contribution in [3.63, 3.8) is 0 Å². The molecule has 3 N–H and O–H groups in total. The van der Waals surface area contributed by atoms with Crippen LogP contribution in [0.25, 0.3) is 10.9 Å². The van der Waals surface area contributed by atoms with Gasteiger partial charge in [0.05, 0.1) is 24.2 Å². The molecule has 0 fully saturated rings. The highest BCUT2D eigenvalue weighted by atomic mass is 32.1. The first-order chi connectivity index (χ1) is 10.6. The van der Waals surface area contributed by atoms with E-state index in [-0.39, 0.29) is 12.3 Å². The second kappa shape index (κ2) is 5.98. The number of carbonyl (C=O) groups is 2. The molecule has 0 saturated heterocycles. The lowest BCUT2D eigenvalue weighted by Crippen LogP contribution is -2.29. The second-order valence-electron chi connectivity index (χ2n) is 4.81. The molecule has 112 valence electrons. The number of carboxylic acids is 1. The normalized spacial score (nSPS) is 12.2. The van der Waals surface area contributed by atoms with Crippen molar-refractivity contribution in [1.29, 1.82) is 0 Å². The van der Waals surface area contributed by atoms with E-state index in [4.69, 9.17) is 5.11 Å². The summed E-state index contributed by atoms with van der Waals surface area (Å²) in [5.41, 5.74) is 1.32. The highest BCUT2D eigenvalue weighted by Gasteiger charge is 2.20. The van der Waals surface area contributed by atoms with E-state index in [0.717, 1.165) is 15.8 Å². The lowest BCUT2D eigenvalue weighted by Gasteiger charge is -2.15. The van der Waals surface area contributed by atoms with Crippen molar-refractivity contribution in [3.8, 4) is 0 Å². The van der Waals surface area contributed by atoms with Gasteiger partial charge in [-0.15, -0.1) is 11.3 Å². The van der Waals surface area contributed by atoms with Gasteiger partial charge in [-0.1, -0.05) is 6.07 Å². The number of nitrogens with zero attached hydrogens (tertiary/aromatic N) is 1. The van der Waals surface area contributed by atoms with E-state index in [1.807, 2.05) is 17.5 Å². The number of hydrogen-bond donors (Lipinski definition) is 3. The van der Waals surface area contributed by atoms with Crippen molar-refractivity contribution in [2.24, 2.45) is 0 Å². The van der Waals surface area contributed by atoms with Crippen LogP contribution in [0.4, 0.5) is 0 Å². The Morgan fingerprint density at radius 1 is 1.36 bits per heavy atom. The number of rotatable bonds is 5. The number of aromatic nitrogens is 2. The molecule has 2 aromatic heterocycles. The van der Waals surface area contributed by atoms with Crippen LogP contribution < -0.4 is 5.32 Å². The Morgan fingerprint density at radius 3 is 2.95 bits per heavy atom. The van der Waals surface area contributed by atoms with Crippen LogP contribution in [0.3, 0.4) is 0 Å². The second-order valence-corrected chi connectivity index (χ2v) is 5.79. The van der Waals surface area contributed by atoms with E-state index >= 15 is 0 Å². The van der Waals surface area contributed by atoms with Crippen molar-refractivity contribution in [2.75, 3.05) is 0 Å². The number of aliphatic carboxylic acids is 1. The van der Waals surface area contributed by atoms with Gasteiger partial charge >= 0.3 is 5.97 Å².